The van der Waals surface area contributed by atoms with Crippen LogP contribution < -0.4 is 14.2 Å². The highest BCUT2D eigenvalue weighted by Crippen LogP contribution is 2.44. The highest BCUT2D eigenvalue weighted by molar-refractivity contribution is 7.89. The van der Waals surface area contributed by atoms with Crippen molar-refractivity contribution in [3.05, 3.63) is 65.7 Å². The fourth-order valence-corrected chi connectivity index (χ4v) is 3.93. The number of nitrogens with one attached hydrogen (secondary N) is 1. The van der Waals surface area contributed by atoms with Crippen molar-refractivity contribution in [1.82, 2.24) is 4.72 Å². The van der Waals surface area contributed by atoms with Gasteiger partial charge in [0.1, 0.15) is 0 Å². The van der Waals surface area contributed by atoms with Gasteiger partial charge in [-0.1, -0.05) is 30.3 Å². The summed E-state index contributed by atoms with van der Waals surface area (Å²) in [5, 5.41) is 10.3. The van der Waals surface area contributed by atoms with E-state index in [9.17, 15) is 18.3 Å². The monoisotopic (exact) mass is 405 g/mol. The van der Waals surface area contributed by atoms with Crippen LogP contribution in [0.5, 0.6) is 11.5 Å². The van der Waals surface area contributed by atoms with Gasteiger partial charge in [0.25, 0.3) is 15.8 Å². The Bertz CT molecular complexity index is 1050. The van der Waals surface area contributed by atoms with Crippen molar-refractivity contribution in [1.29, 1.82) is 0 Å². The van der Waals surface area contributed by atoms with E-state index in [0.29, 0.717) is 5.75 Å². The molecule has 1 unspecified atom stereocenters. The molecule has 1 atom stereocenters. The number of ketones is 1. The first-order valence-electron chi connectivity index (χ1n) is 8.21. The molecule has 1 heterocycles. The number of carbonyl (C=O) groups is 1. The number of rotatable bonds is 6. The Labute approximate surface area is 162 Å². The van der Waals surface area contributed by atoms with Crippen LogP contribution in [-0.4, -0.2) is 33.5 Å². The van der Waals surface area contributed by atoms with Crippen LogP contribution in [0, 0.1) is 0 Å². The molecule has 3 rings (SSSR count). The smallest absolute Gasteiger partial charge is 0.264 e. The molecule has 8 nitrogen and oxygen atoms in total. The summed E-state index contributed by atoms with van der Waals surface area (Å²) in [6.45, 7) is 1.41. The molecule has 0 bridgehead atoms. The van der Waals surface area contributed by atoms with Crippen molar-refractivity contribution >= 4 is 15.8 Å². The van der Waals surface area contributed by atoms with E-state index in [0.717, 1.165) is 0 Å². The second kappa shape index (κ2) is 7.08. The summed E-state index contributed by atoms with van der Waals surface area (Å²) in [7, 11) is -1.22. The van der Waals surface area contributed by atoms with Crippen LogP contribution in [0.15, 0.2) is 65.1 Å². The van der Waals surface area contributed by atoms with Crippen molar-refractivity contribution in [2.45, 2.75) is 17.4 Å². The van der Waals surface area contributed by atoms with E-state index in [1.54, 1.807) is 36.4 Å². The van der Waals surface area contributed by atoms with Crippen LogP contribution >= 0.6 is 0 Å². The van der Waals surface area contributed by atoms with E-state index >= 15 is 0 Å². The molecule has 28 heavy (non-hydrogen) atoms. The van der Waals surface area contributed by atoms with Crippen LogP contribution in [0.1, 0.15) is 12.5 Å². The quantitative estimate of drug-likeness (QED) is 0.758. The van der Waals surface area contributed by atoms with Gasteiger partial charge in [-0.2, -0.15) is 0 Å². The minimum atomic E-state index is -4.06. The molecule has 0 amide bonds. The van der Waals surface area contributed by atoms with Gasteiger partial charge in [-0.25, -0.2) is 13.1 Å². The number of para-hydroxylation sites is 1. The van der Waals surface area contributed by atoms with Gasteiger partial charge >= 0.3 is 0 Å². The Morgan fingerprint density at radius 1 is 1.04 bits per heavy atom. The van der Waals surface area contributed by atoms with Gasteiger partial charge in [-0.15, -0.1) is 0 Å². The number of hydrogen-bond donors (Lipinski definition) is 2. The zero-order valence-electron chi connectivity index (χ0n) is 15.4. The van der Waals surface area contributed by atoms with E-state index in [-0.39, 0.29) is 16.2 Å². The predicted molar refractivity (Wildman–Crippen MR) is 99.4 cm³/mol. The molecule has 0 saturated heterocycles. The lowest BCUT2D eigenvalue weighted by molar-refractivity contribution is -0.131. The van der Waals surface area contributed by atoms with Gasteiger partial charge in [-0.05, 0) is 25.1 Å². The van der Waals surface area contributed by atoms with Crippen molar-refractivity contribution < 1.29 is 32.5 Å². The van der Waals surface area contributed by atoms with Gasteiger partial charge in [0, 0.05) is 5.56 Å². The van der Waals surface area contributed by atoms with E-state index < -0.39 is 33.0 Å². The van der Waals surface area contributed by atoms with E-state index in [1.807, 2.05) is 0 Å². The molecule has 2 N–H and O–H groups in total. The van der Waals surface area contributed by atoms with E-state index in [2.05, 4.69) is 4.72 Å². The third kappa shape index (κ3) is 3.13. The summed E-state index contributed by atoms with van der Waals surface area (Å²) >= 11 is 0. The second-order valence-electron chi connectivity index (χ2n) is 6.10. The highest BCUT2D eigenvalue weighted by atomic mass is 32.2. The molecule has 2 aromatic carbocycles. The number of benzene rings is 2. The fourth-order valence-electron chi connectivity index (χ4n) is 2.92. The molecule has 0 radical (unpaired) electrons. The zero-order chi connectivity index (χ0) is 20.5. The lowest BCUT2D eigenvalue weighted by Gasteiger charge is -2.26. The molecule has 1 aliphatic rings. The van der Waals surface area contributed by atoms with Crippen molar-refractivity contribution in [3.8, 4) is 11.5 Å². The summed E-state index contributed by atoms with van der Waals surface area (Å²) in [6, 6.07) is 12.4. The molecule has 0 saturated carbocycles. The van der Waals surface area contributed by atoms with Crippen molar-refractivity contribution in [2.24, 2.45) is 0 Å². The van der Waals surface area contributed by atoms with Crippen molar-refractivity contribution in [2.75, 3.05) is 14.2 Å². The van der Waals surface area contributed by atoms with Gasteiger partial charge < -0.3 is 19.3 Å². The molecule has 0 fully saturated rings. The Hall–Kier alpha value is -3.20. The van der Waals surface area contributed by atoms with E-state index in [1.165, 1.54) is 33.3 Å². The van der Waals surface area contributed by atoms with Crippen LogP contribution in [0.2, 0.25) is 0 Å². The van der Waals surface area contributed by atoms with Gasteiger partial charge in [0.2, 0.25) is 17.2 Å². The van der Waals surface area contributed by atoms with Gasteiger partial charge in [0.05, 0.1) is 19.1 Å². The van der Waals surface area contributed by atoms with Crippen LogP contribution in [0.25, 0.3) is 0 Å². The molecular formula is C19H19NO7S. The number of sulfonamides is 1. The third-order valence-electron chi connectivity index (χ3n) is 4.37. The van der Waals surface area contributed by atoms with Crippen LogP contribution in [0.4, 0.5) is 0 Å². The topological polar surface area (TPSA) is 111 Å². The van der Waals surface area contributed by atoms with E-state index in [4.69, 9.17) is 14.2 Å². The minimum Gasteiger partial charge on any atom is -0.501 e. The molecule has 0 aromatic heterocycles. The van der Waals surface area contributed by atoms with Crippen LogP contribution in [-0.2, 0) is 25.2 Å². The maximum atomic E-state index is 12.8. The third-order valence-corrected chi connectivity index (χ3v) is 5.71. The van der Waals surface area contributed by atoms with Crippen molar-refractivity contribution in [3.63, 3.8) is 0 Å². The lowest BCUT2D eigenvalue weighted by Crippen LogP contribution is -2.33. The molecular weight excluding hydrogens is 386 g/mol. The number of carbonyl (C=O) groups excluding carboxylic acids is 1. The minimum absolute atomic E-state index is 0.0427. The Balaban J connectivity index is 1.99. The molecule has 0 spiro atoms. The number of Topliss-reactive ketones (excluding diaryl/α,β-unsaturated/α-hetero) is 1. The largest absolute Gasteiger partial charge is 0.501 e. The fraction of sp³-hybridized carbons (Fsp3) is 0.211. The van der Waals surface area contributed by atoms with Gasteiger partial charge in [0.15, 0.2) is 11.5 Å². The average molecular weight is 405 g/mol. The summed E-state index contributed by atoms with van der Waals surface area (Å²) in [5.41, 5.74) is -1.43. The second-order valence-corrected chi connectivity index (χ2v) is 7.78. The Kier molecular flexibility index (Phi) is 4.95. The summed E-state index contributed by atoms with van der Waals surface area (Å²) in [6.07, 6.45) is 0. The molecule has 148 valence electrons. The highest BCUT2D eigenvalue weighted by Gasteiger charge is 2.50. The number of methoxy groups -OCH3 is 2. The first-order chi connectivity index (χ1) is 13.2. The Morgan fingerprint density at radius 3 is 2.32 bits per heavy atom. The molecule has 0 aliphatic carbocycles. The number of hydrogen-bond acceptors (Lipinski definition) is 7. The molecule has 1 aliphatic heterocycles. The summed E-state index contributed by atoms with van der Waals surface area (Å²) < 4.78 is 43.3. The summed E-state index contributed by atoms with van der Waals surface area (Å²) in [5.74, 6) is -1.60. The lowest BCUT2D eigenvalue weighted by atomic mass is 9.90. The SMILES string of the molecule is COc1cccc(C2(C)OC(NS(=O)(=O)c3ccccc3)=C(O)C2=O)c1OC. The number of ether oxygens (including phenoxy) is 3. The van der Waals surface area contributed by atoms with Crippen LogP contribution in [0.3, 0.4) is 0 Å². The normalized spacial score (nSPS) is 19.3. The maximum Gasteiger partial charge on any atom is 0.264 e. The number of aliphatic hydroxyl groups is 1. The molecule has 2 aromatic rings. The average Bonchev–Trinajstić information content (AvgIpc) is 2.92. The number of aliphatic hydroxyl groups excluding tert-OH is 1. The zero-order valence-corrected chi connectivity index (χ0v) is 16.2. The van der Waals surface area contributed by atoms with Gasteiger partial charge in [-0.3, -0.25) is 4.79 Å². The maximum absolute atomic E-state index is 12.8. The first-order valence-corrected chi connectivity index (χ1v) is 9.69. The standard InChI is InChI=1S/C19H19NO7S/c1-19(13-10-7-11-14(25-2)16(13)26-3)17(22)15(21)18(27-19)20-28(23,24)12-8-5-4-6-9-12/h4-11,20-21H,1-3H3. The predicted octanol–water partition coefficient (Wildman–Crippen LogP) is 2.22. The summed E-state index contributed by atoms with van der Waals surface area (Å²) in [4.78, 5) is 12.7. The molecule has 9 heteroatoms. The first kappa shape index (κ1) is 19.6. The Morgan fingerprint density at radius 2 is 1.71 bits per heavy atom.